The van der Waals surface area contributed by atoms with Gasteiger partial charge in [0, 0.05) is 22.7 Å². The molecule has 0 fully saturated rings. The Kier molecular flexibility index (Phi) is 4.65. The van der Waals surface area contributed by atoms with Crippen LogP contribution >= 0.6 is 11.6 Å². The number of nitrogens with one attached hydrogen (secondary N) is 1. The van der Waals surface area contributed by atoms with Crippen LogP contribution in [0, 0.1) is 6.92 Å². The van der Waals surface area contributed by atoms with E-state index in [0.29, 0.717) is 28.4 Å². The molecule has 0 bridgehead atoms. The summed E-state index contributed by atoms with van der Waals surface area (Å²) in [7, 11) is 0. The van der Waals surface area contributed by atoms with E-state index in [0.717, 1.165) is 16.5 Å². The quantitative estimate of drug-likeness (QED) is 0.519. The van der Waals surface area contributed by atoms with Gasteiger partial charge in [0.1, 0.15) is 5.52 Å². The van der Waals surface area contributed by atoms with Crippen molar-refractivity contribution in [2.75, 3.05) is 0 Å². The van der Waals surface area contributed by atoms with Gasteiger partial charge in [-0.15, -0.1) is 0 Å². The number of aryl methyl sites for hydroxylation is 1. The lowest BCUT2D eigenvalue weighted by Gasteiger charge is -2.06. The molecule has 0 atom stereocenters. The maximum Gasteiger partial charge on any atom is 0.251 e. The number of hydrogen-bond acceptors (Lipinski definition) is 3. The zero-order chi connectivity index (χ0) is 18.8. The first-order valence-electron chi connectivity index (χ1n) is 8.59. The molecule has 27 heavy (non-hydrogen) atoms. The fraction of sp³-hybridized carbons (Fsp3) is 0.0909. The summed E-state index contributed by atoms with van der Waals surface area (Å²) >= 11 is 5.95. The summed E-state index contributed by atoms with van der Waals surface area (Å²) in [6, 6.07) is 20.8. The minimum atomic E-state index is -0.138. The Morgan fingerprint density at radius 2 is 1.78 bits per heavy atom. The molecule has 0 spiro atoms. The highest BCUT2D eigenvalue weighted by molar-refractivity contribution is 6.30. The van der Waals surface area contributed by atoms with Crippen LogP contribution in [0.5, 0.6) is 0 Å². The average molecular weight is 377 g/mol. The van der Waals surface area contributed by atoms with Crippen LogP contribution in [0.4, 0.5) is 0 Å². The number of fused-ring (bicyclic) bond motifs is 1. The molecule has 3 aromatic carbocycles. The highest BCUT2D eigenvalue weighted by Gasteiger charge is 2.14. The lowest BCUT2D eigenvalue weighted by Crippen LogP contribution is -2.22. The van der Waals surface area contributed by atoms with Gasteiger partial charge in [-0.2, -0.15) is 0 Å². The van der Waals surface area contributed by atoms with Crippen molar-refractivity contribution >= 4 is 28.4 Å². The zero-order valence-corrected chi connectivity index (χ0v) is 15.5. The van der Waals surface area contributed by atoms with Crippen LogP contribution in [-0.4, -0.2) is 11.1 Å². The molecule has 1 amide bonds. The van der Waals surface area contributed by atoms with E-state index in [2.05, 4.69) is 10.5 Å². The highest BCUT2D eigenvalue weighted by atomic mass is 35.5. The summed E-state index contributed by atoms with van der Waals surface area (Å²) in [5, 5.41) is 8.47. The van der Waals surface area contributed by atoms with Gasteiger partial charge in [0.2, 0.25) is 0 Å². The third kappa shape index (κ3) is 3.71. The molecule has 5 heteroatoms. The molecule has 4 rings (SSSR count). The number of rotatable bonds is 4. The van der Waals surface area contributed by atoms with Gasteiger partial charge in [0.15, 0.2) is 5.76 Å². The van der Waals surface area contributed by atoms with Crippen molar-refractivity contribution in [1.29, 1.82) is 0 Å². The van der Waals surface area contributed by atoms with E-state index in [9.17, 15) is 4.79 Å². The second kappa shape index (κ2) is 7.25. The molecule has 0 aliphatic heterocycles. The van der Waals surface area contributed by atoms with Crippen molar-refractivity contribution in [3.05, 3.63) is 88.4 Å². The van der Waals surface area contributed by atoms with Crippen LogP contribution in [0.3, 0.4) is 0 Å². The minimum absolute atomic E-state index is 0.138. The van der Waals surface area contributed by atoms with Gasteiger partial charge in [-0.1, -0.05) is 46.6 Å². The number of hydrogen-bond donors (Lipinski definition) is 1. The van der Waals surface area contributed by atoms with Gasteiger partial charge in [0.05, 0.1) is 5.39 Å². The maximum absolute atomic E-state index is 12.6. The predicted molar refractivity (Wildman–Crippen MR) is 107 cm³/mol. The van der Waals surface area contributed by atoms with E-state index in [4.69, 9.17) is 16.1 Å². The lowest BCUT2D eigenvalue weighted by molar-refractivity contribution is 0.0951. The fourth-order valence-electron chi connectivity index (χ4n) is 2.88. The van der Waals surface area contributed by atoms with Crippen LogP contribution < -0.4 is 5.32 Å². The molecule has 4 aromatic rings. The number of amides is 1. The average Bonchev–Trinajstić information content (AvgIpc) is 3.11. The molecule has 4 nitrogen and oxygen atoms in total. The number of nitrogens with zero attached hydrogens (tertiary/aromatic N) is 1. The molecule has 1 heterocycles. The van der Waals surface area contributed by atoms with Gasteiger partial charge >= 0.3 is 0 Å². The third-order valence-electron chi connectivity index (χ3n) is 4.42. The number of aromatic nitrogens is 1. The van der Waals surface area contributed by atoms with Crippen LogP contribution in [0.25, 0.3) is 22.2 Å². The summed E-state index contributed by atoms with van der Waals surface area (Å²) in [5.74, 6) is 0.482. The topological polar surface area (TPSA) is 55.1 Å². The molecule has 0 unspecified atom stereocenters. The number of halogens is 1. The minimum Gasteiger partial charge on any atom is -0.355 e. The van der Waals surface area contributed by atoms with Crippen LogP contribution in [0.2, 0.25) is 5.02 Å². The smallest absolute Gasteiger partial charge is 0.251 e. The van der Waals surface area contributed by atoms with Gasteiger partial charge in [0.25, 0.3) is 5.91 Å². The van der Waals surface area contributed by atoms with E-state index < -0.39 is 0 Å². The molecule has 1 aromatic heterocycles. The molecular weight excluding hydrogens is 360 g/mol. The zero-order valence-electron chi connectivity index (χ0n) is 14.7. The molecule has 0 radical (unpaired) electrons. The number of carbonyl (C=O) groups is 1. The summed E-state index contributed by atoms with van der Waals surface area (Å²) < 4.78 is 5.49. The van der Waals surface area contributed by atoms with Crippen molar-refractivity contribution in [3.63, 3.8) is 0 Å². The van der Waals surface area contributed by atoms with Gasteiger partial charge < -0.3 is 9.84 Å². The molecule has 134 valence electrons. The Bertz CT molecular complexity index is 1100. The summed E-state index contributed by atoms with van der Waals surface area (Å²) in [6.45, 7) is 2.51. The van der Waals surface area contributed by atoms with Gasteiger partial charge in [-0.25, -0.2) is 0 Å². The second-order valence-corrected chi connectivity index (χ2v) is 6.86. The van der Waals surface area contributed by atoms with E-state index >= 15 is 0 Å². The van der Waals surface area contributed by atoms with Crippen LogP contribution in [-0.2, 0) is 6.54 Å². The summed E-state index contributed by atoms with van der Waals surface area (Å²) in [5.41, 5.74) is 4.38. The Morgan fingerprint density at radius 3 is 2.52 bits per heavy atom. The number of carbonyl (C=O) groups excluding carboxylic acids is 1. The fourth-order valence-corrected chi connectivity index (χ4v) is 3.01. The Morgan fingerprint density at radius 1 is 1.04 bits per heavy atom. The van der Waals surface area contributed by atoms with Gasteiger partial charge in [-0.3, -0.25) is 4.79 Å². The standard InChI is InChI=1S/C22H17ClN2O2/c1-14-2-4-15(5-3-14)13-24-22(26)17-8-11-20-19(12-17)21(27-25-20)16-6-9-18(23)10-7-16/h2-12H,13H2,1H3,(H,24,26). The van der Waals surface area contributed by atoms with Crippen molar-refractivity contribution in [2.24, 2.45) is 0 Å². The first kappa shape index (κ1) is 17.3. The van der Waals surface area contributed by atoms with Crippen molar-refractivity contribution in [3.8, 4) is 11.3 Å². The van der Waals surface area contributed by atoms with E-state index in [1.807, 2.05) is 43.3 Å². The monoisotopic (exact) mass is 376 g/mol. The summed E-state index contributed by atoms with van der Waals surface area (Å²) in [4.78, 5) is 12.6. The maximum atomic E-state index is 12.6. The molecule has 0 saturated carbocycles. The van der Waals surface area contributed by atoms with Crippen LogP contribution in [0.1, 0.15) is 21.5 Å². The van der Waals surface area contributed by atoms with Crippen molar-refractivity contribution in [1.82, 2.24) is 10.5 Å². The third-order valence-corrected chi connectivity index (χ3v) is 4.67. The van der Waals surface area contributed by atoms with Crippen molar-refractivity contribution in [2.45, 2.75) is 13.5 Å². The largest absolute Gasteiger partial charge is 0.355 e. The number of benzene rings is 3. The first-order chi connectivity index (χ1) is 13.1. The predicted octanol–water partition coefficient (Wildman–Crippen LogP) is 5.39. The van der Waals surface area contributed by atoms with Crippen LogP contribution in [0.15, 0.2) is 71.3 Å². The van der Waals surface area contributed by atoms with Crippen molar-refractivity contribution < 1.29 is 9.32 Å². The van der Waals surface area contributed by atoms with E-state index in [1.54, 1.807) is 30.3 Å². The highest BCUT2D eigenvalue weighted by Crippen LogP contribution is 2.30. The lowest BCUT2D eigenvalue weighted by atomic mass is 10.1. The van der Waals surface area contributed by atoms with E-state index in [-0.39, 0.29) is 5.91 Å². The Hall–Kier alpha value is -3.11. The summed E-state index contributed by atoms with van der Waals surface area (Å²) in [6.07, 6.45) is 0. The second-order valence-electron chi connectivity index (χ2n) is 6.42. The SMILES string of the molecule is Cc1ccc(CNC(=O)c2ccc3noc(-c4ccc(Cl)cc4)c3c2)cc1. The molecular formula is C22H17ClN2O2. The van der Waals surface area contributed by atoms with Gasteiger partial charge in [-0.05, 0) is 55.0 Å². The Balaban J connectivity index is 1.58. The van der Waals surface area contributed by atoms with E-state index in [1.165, 1.54) is 5.56 Å². The normalized spacial score (nSPS) is 10.9. The molecule has 0 saturated heterocycles. The molecule has 0 aliphatic rings. The molecule has 0 aliphatic carbocycles. The first-order valence-corrected chi connectivity index (χ1v) is 8.97. The Labute approximate surface area is 161 Å². The molecule has 1 N–H and O–H groups in total.